The van der Waals surface area contributed by atoms with Gasteiger partial charge in [0.15, 0.2) is 0 Å². The summed E-state index contributed by atoms with van der Waals surface area (Å²) in [5.74, 6) is 0.754. The van der Waals surface area contributed by atoms with Crippen molar-refractivity contribution >= 4 is 38.8 Å². The van der Waals surface area contributed by atoms with Crippen LogP contribution in [0.4, 0.5) is 11.5 Å². The Labute approximate surface area is 107 Å². The third kappa shape index (κ3) is 2.54. The number of aromatic nitrogens is 1. The molecule has 0 bridgehead atoms. The van der Waals surface area contributed by atoms with E-state index in [2.05, 4.69) is 37.7 Å². The summed E-state index contributed by atoms with van der Waals surface area (Å²) >= 11 is 5.13. The monoisotopic (exact) mass is 297 g/mol. The predicted octanol–water partition coefficient (Wildman–Crippen LogP) is 3.41. The first-order valence-electron chi connectivity index (χ1n) is 4.84. The van der Waals surface area contributed by atoms with Crippen LogP contribution in [-0.4, -0.2) is 4.98 Å². The molecule has 84 valence electrons. The van der Waals surface area contributed by atoms with Gasteiger partial charge in [-0.15, -0.1) is 11.3 Å². The van der Waals surface area contributed by atoms with Gasteiger partial charge in [0.25, 0.3) is 0 Å². The molecule has 2 aromatic heterocycles. The maximum atomic E-state index is 5.92. The van der Waals surface area contributed by atoms with E-state index < -0.39 is 0 Å². The summed E-state index contributed by atoms with van der Waals surface area (Å²) in [6.07, 6.45) is 1.76. The van der Waals surface area contributed by atoms with Gasteiger partial charge in [-0.25, -0.2) is 4.98 Å². The second-order valence-electron chi connectivity index (χ2n) is 3.47. The zero-order chi connectivity index (χ0) is 11.5. The lowest BCUT2D eigenvalue weighted by atomic mass is 10.2. The molecule has 0 saturated carbocycles. The molecule has 0 aliphatic carbocycles. The van der Waals surface area contributed by atoms with Crippen molar-refractivity contribution in [1.82, 2.24) is 4.98 Å². The maximum absolute atomic E-state index is 5.92. The molecular formula is C11H12BrN3S. The highest BCUT2D eigenvalue weighted by Crippen LogP contribution is 2.23. The number of nitrogens with one attached hydrogen (secondary N) is 1. The summed E-state index contributed by atoms with van der Waals surface area (Å²) in [5.41, 5.74) is 7.69. The molecule has 2 heterocycles. The highest BCUT2D eigenvalue weighted by Gasteiger charge is 2.03. The van der Waals surface area contributed by atoms with Crippen LogP contribution in [0.5, 0.6) is 0 Å². The first-order chi connectivity index (χ1) is 7.66. The van der Waals surface area contributed by atoms with E-state index in [1.54, 1.807) is 17.5 Å². The van der Waals surface area contributed by atoms with Crippen molar-refractivity contribution in [2.75, 3.05) is 11.1 Å². The quantitative estimate of drug-likeness (QED) is 0.913. The summed E-state index contributed by atoms with van der Waals surface area (Å²) in [5, 5.41) is 5.30. The Morgan fingerprint density at radius 1 is 1.56 bits per heavy atom. The summed E-state index contributed by atoms with van der Waals surface area (Å²) in [7, 11) is 0. The van der Waals surface area contributed by atoms with Crippen molar-refractivity contribution in [2.45, 2.75) is 13.5 Å². The molecule has 0 radical (unpaired) electrons. The number of halogens is 1. The smallest absolute Gasteiger partial charge is 0.149 e. The van der Waals surface area contributed by atoms with Crippen LogP contribution >= 0.6 is 27.3 Å². The van der Waals surface area contributed by atoms with Crippen molar-refractivity contribution in [3.63, 3.8) is 0 Å². The van der Waals surface area contributed by atoms with Gasteiger partial charge in [-0.3, -0.25) is 0 Å². The molecule has 5 heteroatoms. The molecule has 3 nitrogen and oxygen atoms in total. The average molecular weight is 298 g/mol. The molecule has 3 N–H and O–H groups in total. The molecule has 0 spiro atoms. The van der Waals surface area contributed by atoms with Crippen LogP contribution in [-0.2, 0) is 6.54 Å². The predicted molar refractivity (Wildman–Crippen MR) is 72.7 cm³/mol. The van der Waals surface area contributed by atoms with Crippen LogP contribution in [0, 0.1) is 6.92 Å². The highest BCUT2D eigenvalue weighted by molar-refractivity contribution is 9.10. The Kier molecular flexibility index (Phi) is 3.46. The van der Waals surface area contributed by atoms with Crippen LogP contribution in [0.1, 0.15) is 10.4 Å². The fourth-order valence-corrected chi connectivity index (χ4v) is 2.72. The van der Waals surface area contributed by atoms with Gasteiger partial charge in [0.2, 0.25) is 0 Å². The standard InChI is InChI=1S/C11H12BrN3S/c1-7-2-3-14-11(10(7)13)15-5-9-4-8(12)6-16-9/h2-4,6H,5,13H2,1H3,(H,14,15). The molecule has 2 aromatic rings. The fourth-order valence-electron chi connectivity index (χ4n) is 1.33. The van der Waals surface area contributed by atoms with Gasteiger partial charge in [0, 0.05) is 20.9 Å². The molecule has 0 unspecified atom stereocenters. The van der Waals surface area contributed by atoms with E-state index in [1.165, 1.54) is 4.88 Å². The van der Waals surface area contributed by atoms with Gasteiger partial charge in [-0.05, 0) is 40.5 Å². The number of nitrogens with zero attached hydrogens (tertiary/aromatic N) is 1. The number of rotatable bonds is 3. The normalized spacial score (nSPS) is 10.4. The summed E-state index contributed by atoms with van der Waals surface area (Å²) in [6.45, 7) is 2.72. The number of hydrogen-bond donors (Lipinski definition) is 2. The number of hydrogen-bond acceptors (Lipinski definition) is 4. The van der Waals surface area contributed by atoms with E-state index in [4.69, 9.17) is 5.73 Å². The van der Waals surface area contributed by atoms with Crippen molar-refractivity contribution in [1.29, 1.82) is 0 Å². The van der Waals surface area contributed by atoms with E-state index in [-0.39, 0.29) is 0 Å². The third-order valence-electron chi connectivity index (χ3n) is 2.26. The SMILES string of the molecule is Cc1ccnc(NCc2cc(Br)cs2)c1N. The zero-order valence-corrected chi connectivity index (χ0v) is 11.2. The minimum absolute atomic E-state index is 0.720. The molecule has 0 amide bonds. The van der Waals surface area contributed by atoms with Gasteiger partial charge in [-0.1, -0.05) is 0 Å². The second-order valence-corrected chi connectivity index (χ2v) is 5.39. The maximum Gasteiger partial charge on any atom is 0.149 e. The number of thiophene rings is 1. The van der Waals surface area contributed by atoms with Gasteiger partial charge >= 0.3 is 0 Å². The second kappa shape index (κ2) is 4.84. The van der Waals surface area contributed by atoms with E-state index in [0.717, 1.165) is 28.1 Å². The Morgan fingerprint density at radius 3 is 3.06 bits per heavy atom. The summed E-state index contributed by atoms with van der Waals surface area (Å²) in [4.78, 5) is 5.46. The Bertz CT molecular complexity index is 496. The van der Waals surface area contributed by atoms with E-state index in [0.29, 0.717) is 0 Å². The van der Waals surface area contributed by atoms with Crippen molar-refractivity contribution in [3.8, 4) is 0 Å². The Hall–Kier alpha value is -1.07. The van der Waals surface area contributed by atoms with E-state index in [1.807, 2.05) is 13.0 Å². The lowest BCUT2D eigenvalue weighted by molar-refractivity contribution is 1.14. The molecule has 0 aliphatic heterocycles. The van der Waals surface area contributed by atoms with Crippen LogP contribution in [0.3, 0.4) is 0 Å². The highest BCUT2D eigenvalue weighted by atomic mass is 79.9. The number of anilines is 2. The van der Waals surface area contributed by atoms with Crippen LogP contribution in [0.15, 0.2) is 28.2 Å². The van der Waals surface area contributed by atoms with Gasteiger partial charge in [0.05, 0.1) is 12.2 Å². The van der Waals surface area contributed by atoms with E-state index in [9.17, 15) is 0 Å². The topological polar surface area (TPSA) is 50.9 Å². The molecule has 0 aliphatic rings. The molecule has 0 fully saturated rings. The van der Waals surface area contributed by atoms with Crippen molar-refractivity contribution in [3.05, 3.63) is 38.6 Å². The van der Waals surface area contributed by atoms with Crippen LogP contribution in [0.2, 0.25) is 0 Å². The first kappa shape index (κ1) is 11.4. The fraction of sp³-hybridized carbons (Fsp3) is 0.182. The van der Waals surface area contributed by atoms with Gasteiger partial charge in [-0.2, -0.15) is 0 Å². The lowest BCUT2D eigenvalue weighted by Gasteiger charge is -2.08. The minimum atomic E-state index is 0.720. The van der Waals surface area contributed by atoms with Crippen LogP contribution in [0.25, 0.3) is 0 Å². The van der Waals surface area contributed by atoms with Gasteiger partial charge < -0.3 is 11.1 Å². The Morgan fingerprint density at radius 2 is 2.38 bits per heavy atom. The lowest BCUT2D eigenvalue weighted by Crippen LogP contribution is -2.04. The minimum Gasteiger partial charge on any atom is -0.396 e. The molecule has 0 saturated heterocycles. The molecule has 0 atom stereocenters. The number of nitrogen functional groups attached to an aromatic ring is 1. The molecule has 2 rings (SSSR count). The zero-order valence-electron chi connectivity index (χ0n) is 8.83. The largest absolute Gasteiger partial charge is 0.396 e. The Balaban J connectivity index is 2.07. The van der Waals surface area contributed by atoms with E-state index >= 15 is 0 Å². The number of nitrogens with two attached hydrogens (primary N) is 1. The van der Waals surface area contributed by atoms with Crippen LogP contribution < -0.4 is 11.1 Å². The number of aryl methyl sites for hydroxylation is 1. The first-order valence-corrected chi connectivity index (χ1v) is 6.52. The van der Waals surface area contributed by atoms with Gasteiger partial charge in [0.1, 0.15) is 5.82 Å². The molecular weight excluding hydrogens is 286 g/mol. The van der Waals surface area contributed by atoms with Crippen molar-refractivity contribution in [2.24, 2.45) is 0 Å². The summed E-state index contributed by atoms with van der Waals surface area (Å²) in [6, 6.07) is 3.99. The molecule has 0 aromatic carbocycles. The average Bonchev–Trinajstić information content (AvgIpc) is 2.67. The molecule has 16 heavy (non-hydrogen) atoms. The summed E-state index contributed by atoms with van der Waals surface area (Å²) < 4.78 is 1.11. The van der Waals surface area contributed by atoms with Crippen molar-refractivity contribution < 1.29 is 0 Å². The third-order valence-corrected chi connectivity index (χ3v) is 3.96. The number of pyridine rings is 1.